The molecule has 0 aliphatic rings. The van der Waals surface area contributed by atoms with Gasteiger partial charge in [0.2, 0.25) is 0 Å². The summed E-state index contributed by atoms with van der Waals surface area (Å²) in [5.41, 5.74) is 1.71. The van der Waals surface area contributed by atoms with Gasteiger partial charge in [0.05, 0.1) is 0 Å². The Hall–Kier alpha value is -1.48. The maximum Gasteiger partial charge on any atom is 0.322 e. The first-order chi connectivity index (χ1) is 9.13. The predicted octanol–water partition coefficient (Wildman–Crippen LogP) is 4.43. The summed E-state index contributed by atoms with van der Waals surface area (Å²) in [4.78, 5) is 10.6. The maximum absolute atomic E-state index is 10.6. The van der Waals surface area contributed by atoms with Crippen LogP contribution in [-0.2, 0) is 4.79 Å². The number of hydrogen-bond acceptors (Lipinski definition) is 2. The molecule has 0 unspecified atom stereocenters. The van der Waals surface area contributed by atoms with Crippen LogP contribution < -0.4 is 5.32 Å². The van der Waals surface area contributed by atoms with Crippen LogP contribution in [0.1, 0.15) is 38.2 Å². The molecule has 1 rings (SSSR count). The first-order valence-electron chi connectivity index (χ1n) is 6.55. The average molecular weight is 282 g/mol. The Morgan fingerprint density at radius 1 is 1.42 bits per heavy atom. The molecule has 0 radical (unpaired) electrons. The highest BCUT2D eigenvalue weighted by molar-refractivity contribution is 6.30. The molecule has 3 nitrogen and oxygen atoms in total. The minimum atomic E-state index is -0.882. The highest BCUT2D eigenvalue weighted by atomic mass is 35.5. The Balaban J connectivity index is 2.67. The van der Waals surface area contributed by atoms with Crippen molar-refractivity contribution < 1.29 is 9.90 Å². The van der Waals surface area contributed by atoms with E-state index in [1.54, 1.807) is 12.1 Å². The van der Waals surface area contributed by atoms with E-state index in [1.165, 1.54) is 19.3 Å². The highest BCUT2D eigenvalue weighted by Crippen LogP contribution is 2.22. The van der Waals surface area contributed by atoms with Crippen molar-refractivity contribution in [2.45, 2.75) is 32.6 Å². The van der Waals surface area contributed by atoms with Crippen LogP contribution in [0.5, 0.6) is 0 Å². The second-order valence-corrected chi connectivity index (χ2v) is 4.81. The van der Waals surface area contributed by atoms with E-state index >= 15 is 0 Å². The number of aliphatic carboxylic acids is 1. The van der Waals surface area contributed by atoms with Crippen molar-refractivity contribution in [3.8, 4) is 0 Å². The number of rotatable bonds is 8. The van der Waals surface area contributed by atoms with E-state index in [0.29, 0.717) is 5.02 Å². The lowest BCUT2D eigenvalue weighted by atomic mass is 10.1. The molecule has 0 fully saturated rings. The van der Waals surface area contributed by atoms with Crippen LogP contribution >= 0.6 is 11.6 Å². The van der Waals surface area contributed by atoms with Gasteiger partial charge in [-0.15, -0.1) is 0 Å². The molecule has 0 saturated carbocycles. The van der Waals surface area contributed by atoms with Gasteiger partial charge in [0.1, 0.15) is 6.54 Å². The Morgan fingerprint density at radius 2 is 2.21 bits per heavy atom. The van der Waals surface area contributed by atoms with Gasteiger partial charge in [-0.05, 0) is 36.6 Å². The van der Waals surface area contributed by atoms with Gasteiger partial charge in [0, 0.05) is 10.7 Å². The third kappa shape index (κ3) is 6.30. The van der Waals surface area contributed by atoms with Crippen LogP contribution in [-0.4, -0.2) is 17.6 Å². The van der Waals surface area contributed by atoms with Crippen molar-refractivity contribution in [2.75, 3.05) is 11.9 Å². The van der Waals surface area contributed by atoms with Crippen LogP contribution in [0.2, 0.25) is 5.02 Å². The summed E-state index contributed by atoms with van der Waals surface area (Å²) in [6.45, 7) is 2.08. The molecule has 0 atom stereocenters. The second-order valence-electron chi connectivity index (χ2n) is 4.38. The summed E-state index contributed by atoms with van der Waals surface area (Å²) in [7, 11) is 0. The number of nitrogens with one attached hydrogen (secondary N) is 1. The number of benzene rings is 1. The zero-order chi connectivity index (χ0) is 14.1. The molecule has 0 spiro atoms. The van der Waals surface area contributed by atoms with Crippen LogP contribution in [0.15, 0.2) is 24.3 Å². The monoisotopic (exact) mass is 281 g/mol. The van der Waals surface area contributed by atoms with Gasteiger partial charge in [0.25, 0.3) is 0 Å². The number of carboxylic acids is 1. The number of halogens is 1. The predicted molar refractivity (Wildman–Crippen MR) is 80.8 cm³/mol. The largest absolute Gasteiger partial charge is 0.480 e. The Morgan fingerprint density at radius 3 is 2.89 bits per heavy atom. The summed E-state index contributed by atoms with van der Waals surface area (Å²) in [6.07, 6.45) is 8.73. The maximum atomic E-state index is 10.6. The minimum absolute atomic E-state index is 0.0989. The smallest absolute Gasteiger partial charge is 0.322 e. The van der Waals surface area contributed by atoms with Crippen molar-refractivity contribution in [3.05, 3.63) is 34.9 Å². The van der Waals surface area contributed by atoms with Crippen molar-refractivity contribution >= 4 is 29.3 Å². The molecule has 0 amide bonds. The number of hydrogen-bond donors (Lipinski definition) is 2. The molecule has 19 heavy (non-hydrogen) atoms. The molecular weight excluding hydrogens is 262 g/mol. The summed E-state index contributed by atoms with van der Waals surface area (Å²) in [5.74, 6) is -0.882. The number of allylic oxidation sites excluding steroid dienone is 1. The van der Waals surface area contributed by atoms with Gasteiger partial charge < -0.3 is 10.4 Å². The van der Waals surface area contributed by atoms with Gasteiger partial charge >= 0.3 is 5.97 Å². The van der Waals surface area contributed by atoms with Gasteiger partial charge in [-0.3, -0.25) is 4.79 Å². The lowest BCUT2D eigenvalue weighted by Gasteiger charge is -2.08. The van der Waals surface area contributed by atoms with Gasteiger partial charge in [-0.2, -0.15) is 0 Å². The fourth-order valence-corrected chi connectivity index (χ4v) is 1.91. The standard InChI is InChI=1S/C15H20ClNO2/c1-2-3-4-5-6-7-12-10-13(16)8-9-14(12)17-11-15(18)19/h6-10,17H,2-5,11H2,1H3,(H,18,19). The van der Waals surface area contributed by atoms with Gasteiger partial charge in [-0.1, -0.05) is 43.5 Å². The zero-order valence-corrected chi connectivity index (χ0v) is 11.9. The Kier molecular flexibility index (Phi) is 7.04. The number of carbonyl (C=O) groups is 1. The quantitative estimate of drug-likeness (QED) is 0.693. The van der Waals surface area contributed by atoms with Crippen LogP contribution in [0, 0.1) is 0 Å². The first-order valence-corrected chi connectivity index (χ1v) is 6.93. The van der Waals surface area contributed by atoms with Crippen molar-refractivity contribution in [2.24, 2.45) is 0 Å². The molecule has 0 bridgehead atoms. The Bertz CT molecular complexity index is 444. The van der Waals surface area contributed by atoms with Crippen LogP contribution in [0.25, 0.3) is 6.08 Å². The van der Waals surface area contributed by atoms with Crippen LogP contribution in [0.3, 0.4) is 0 Å². The Labute approximate surface area is 119 Å². The van der Waals surface area contributed by atoms with Gasteiger partial charge in [-0.25, -0.2) is 0 Å². The molecular formula is C15H20ClNO2. The van der Waals surface area contributed by atoms with E-state index in [9.17, 15) is 4.79 Å². The molecule has 0 aliphatic heterocycles. The summed E-state index contributed by atoms with van der Waals surface area (Å²) < 4.78 is 0. The second kappa shape index (κ2) is 8.59. The van der Waals surface area contributed by atoms with E-state index in [2.05, 4.69) is 18.3 Å². The van der Waals surface area contributed by atoms with Gasteiger partial charge in [0.15, 0.2) is 0 Å². The third-order valence-electron chi connectivity index (χ3n) is 2.72. The summed E-state index contributed by atoms with van der Waals surface area (Å²) >= 11 is 5.96. The number of anilines is 1. The molecule has 1 aromatic carbocycles. The lowest BCUT2D eigenvalue weighted by Crippen LogP contribution is -2.12. The van der Waals surface area contributed by atoms with Crippen molar-refractivity contribution in [1.29, 1.82) is 0 Å². The van der Waals surface area contributed by atoms with E-state index in [-0.39, 0.29) is 6.54 Å². The summed E-state index contributed by atoms with van der Waals surface area (Å²) in [5, 5.41) is 12.2. The zero-order valence-electron chi connectivity index (χ0n) is 11.2. The molecule has 2 N–H and O–H groups in total. The third-order valence-corrected chi connectivity index (χ3v) is 2.95. The average Bonchev–Trinajstić information content (AvgIpc) is 2.37. The van der Waals surface area contributed by atoms with Crippen molar-refractivity contribution in [1.82, 2.24) is 0 Å². The lowest BCUT2D eigenvalue weighted by molar-refractivity contribution is -0.134. The van der Waals surface area contributed by atoms with Crippen LogP contribution in [0.4, 0.5) is 5.69 Å². The first kappa shape index (κ1) is 15.6. The van der Waals surface area contributed by atoms with Crippen molar-refractivity contribution in [3.63, 3.8) is 0 Å². The SMILES string of the molecule is CCCCCC=Cc1cc(Cl)ccc1NCC(=O)O. The topological polar surface area (TPSA) is 49.3 Å². The van der Waals surface area contributed by atoms with E-state index < -0.39 is 5.97 Å². The molecule has 0 aromatic heterocycles. The fourth-order valence-electron chi connectivity index (χ4n) is 1.73. The highest BCUT2D eigenvalue weighted by Gasteiger charge is 2.02. The fraction of sp³-hybridized carbons (Fsp3) is 0.400. The molecule has 0 heterocycles. The molecule has 0 aliphatic carbocycles. The normalized spacial score (nSPS) is 10.8. The van der Waals surface area contributed by atoms with E-state index in [1.807, 2.05) is 12.1 Å². The van der Waals surface area contributed by atoms with E-state index in [4.69, 9.17) is 16.7 Å². The number of carboxylic acid groups (broad SMARTS) is 1. The molecule has 1 aromatic rings. The molecule has 104 valence electrons. The molecule has 4 heteroatoms. The van der Waals surface area contributed by atoms with E-state index in [0.717, 1.165) is 17.7 Å². The number of unbranched alkanes of at least 4 members (excludes halogenated alkanes) is 3. The summed E-state index contributed by atoms with van der Waals surface area (Å²) in [6, 6.07) is 5.39. The molecule has 0 saturated heterocycles. The minimum Gasteiger partial charge on any atom is -0.480 e.